The minimum absolute atomic E-state index is 0. The van der Waals surface area contributed by atoms with E-state index in [1.165, 1.54) is 40.1 Å². The van der Waals surface area contributed by atoms with Crippen molar-refractivity contribution < 1.29 is 118 Å². The maximum Gasteiger partial charge on any atom is 0.346 e. The van der Waals surface area contributed by atoms with E-state index in [1.54, 1.807) is 77.5 Å². The number of aryl methyl sites for hydroxylation is 1. The fourth-order valence-corrected chi connectivity index (χ4v) is 7.46. The molecule has 4 fully saturated rings. The van der Waals surface area contributed by atoms with Gasteiger partial charge in [-0.25, -0.2) is 18.4 Å². The van der Waals surface area contributed by atoms with E-state index in [4.69, 9.17) is 9.47 Å². The number of rotatable bonds is 13. The number of carbonyl (C=O) groups excluding carboxylic acids is 12. The molecule has 0 aliphatic carbocycles. The van der Waals surface area contributed by atoms with E-state index in [9.17, 15) is 85.2 Å². The van der Waals surface area contributed by atoms with Crippen LogP contribution in [0.1, 0.15) is 91.6 Å². The SMILES string of the molecule is C.CNCC(=O)ON1C(=O)CC(C)C1=O.CNCC(=O)ON1C(=O)CCC1=O.CON1C(=O)CC(C)C1=O.CON1C(=O)CCC1=O.CON1C(=O)c2ccccc2C1=O.COc1c(F)c(F)c(C)c(F)c1F.COc1ccc(C)cc1.COc1ccccc1[N+](=O)[O-]. The van der Waals surface area contributed by atoms with Crippen LogP contribution in [0.5, 0.6) is 17.2 Å². The number of nitrogens with one attached hydrogen (secondary N) is 2. The Balaban J connectivity index is 0.000000533. The van der Waals surface area contributed by atoms with Crippen molar-refractivity contribution in [3.05, 3.63) is 128 Å². The maximum atomic E-state index is 12.8. The second-order valence-electron chi connectivity index (χ2n) is 18.8. The third-order valence-corrected chi connectivity index (χ3v) is 12.2. The van der Waals surface area contributed by atoms with E-state index in [-0.39, 0.29) is 100 Å². The van der Waals surface area contributed by atoms with Crippen LogP contribution >= 0.6 is 0 Å². The molecular formula is C59H72F4N8O22. The van der Waals surface area contributed by atoms with Gasteiger partial charge < -0.3 is 34.5 Å². The van der Waals surface area contributed by atoms with E-state index >= 15 is 0 Å². The average Bonchev–Trinajstić information content (AvgIpc) is 1.79. The number of hydrogen-bond donors (Lipinski definition) is 2. The second kappa shape index (κ2) is 39.9. The zero-order valence-electron chi connectivity index (χ0n) is 51.9. The highest BCUT2D eigenvalue weighted by atomic mass is 19.2. The van der Waals surface area contributed by atoms with Crippen molar-refractivity contribution >= 4 is 76.7 Å². The third-order valence-electron chi connectivity index (χ3n) is 12.2. The molecule has 4 saturated heterocycles. The van der Waals surface area contributed by atoms with Gasteiger partial charge in [-0.15, -0.1) is 15.2 Å². The van der Waals surface area contributed by atoms with Crippen LogP contribution in [-0.4, -0.2) is 171 Å². The lowest BCUT2D eigenvalue weighted by atomic mass is 10.1. The molecule has 30 nitrogen and oxygen atoms in total. The summed E-state index contributed by atoms with van der Waals surface area (Å²) in [5.74, 6) is -11.3. The zero-order valence-corrected chi connectivity index (χ0v) is 51.9. The second-order valence-corrected chi connectivity index (χ2v) is 18.8. The third kappa shape index (κ3) is 23.2. The highest BCUT2D eigenvalue weighted by Gasteiger charge is 2.40. The van der Waals surface area contributed by atoms with Crippen LogP contribution < -0.4 is 24.8 Å². The van der Waals surface area contributed by atoms with Gasteiger partial charge in [0.2, 0.25) is 11.6 Å². The van der Waals surface area contributed by atoms with Crippen molar-refractivity contribution in [2.24, 2.45) is 11.8 Å². The van der Waals surface area contributed by atoms with E-state index < -0.39 is 92.8 Å². The number of hydrogen-bond acceptors (Lipinski definition) is 24. The first-order valence-electron chi connectivity index (χ1n) is 27.0. The summed E-state index contributed by atoms with van der Waals surface area (Å²) in [6.07, 6.45) is 1.18. The Hall–Kier alpha value is -10.2. The maximum absolute atomic E-state index is 12.8. The van der Waals surface area contributed by atoms with E-state index in [0.29, 0.717) is 21.3 Å². The van der Waals surface area contributed by atoms with Crippen molar-refractivity contribution in [1.82, 2.24) is 35.9 Å². The monoisotopic (exact) mass is 1320 g/mol. The fraction of sp³-hybridized carbons (Fsp3) is 0.390. The zero-order chi connectivity index (χ0) is 69.7. The Bertz CT molecular complexity index is 3240. The number of benzene rings is 4. The molecule has 5 aliphatic rings. The number of likely N-dealkylation sites (N-methyl/N-ethyl adjacent to an activating group) is 2. The Kier molecular flexibility index (Phi) is 34.7. The lowest BCUT2D eigenvalue weighted by Crippen LogP contribution is -2.36. The summed E-state index contributed by atoms with van der Waals surface area (Å²) in [5.41, 5.74) is 1.35. The smallest absolute Gasteiger partial charge is 0.346 e. The van der Waals surface area contributed by atoms with Crippen molar-refractivity contribution in [2.45, 2.75) is 73.6 Å². The Morgan fingerprint density at radius 3 is 1.23 bits per heavy atom. The highest BCUT2D eigenvalue weighted by Crippen LogP contribution is 2.29. The summed E-state index contributed by atoms with van der Waals surface area (Å²) in [7, 11) is 11.0. The molecule has 5 aliphatic heterocycles. The van der Waals surface area contributed by atoms with Crippen LogP contribution in [0.15, 0.2) is 72.8 Å². The van der Waals surface area contributed by atoms with E-state index in [1.807, 2.05) is 24.3 Å². The summed E-state index contributed by atoms with van der Waals surface area (Å²) in [6.45, 7) is 6.25. The minimum Gasteiger partial charge on any atom is -0.497 e. The van der Waals surface area contributed by atoms with E-state index in [0.717, 1.165) is 35.0 Å². The molecule has 2 atom stereocenters. The Labute approximate surface area is 530 Å². The topological polar surface area (TPSA) is 362 Å². The molecule has 0 radical (unpaired) electrons. The van der Waals surface area contributed by atoms with Crippen LogP contribution in [0.25, 0.3) is 0 Å². The van der Waals surface area contributed by atoms with Gasteiger partial charge >= 0.3 is 17.6 Å². The van der Waals surface area contributed by atoms with Crippen LogP contribution in [0, 0.1) is 59.1 Å². The lowest BCUT2D eigenvalue weighted by Gasteiger charge is -2.12. The van der Waals surface area contributed by atoms with E-state index in [2.05, 4.69) is 46.5 Å². The summed E-state index contributed by atoms with van der Waals surface area (Å²) in [4.78, 5) is 164. The summed E-state index contributed by atoms with van der Waals surface area (Å²) < 4.78 is 65.0. The first-order valence-corrected chi connectivity index (χ1v) is 27.0. The normalized spacial score (nSPS) is 15.8. The number of nitrogens with zero attached hydrogens (tertiary/aromatic N) is 6. The number of carbonyl (C=O) groups is 12. The Morgan fingerprint density at radius 1 is 0.516 bits per heavy atom. The van der Waals surface area contributed by atoms with Gasteiger partial charge in [0.1, 0.15) is 5.75 Å². The van der Waals surface area contributed by atoms with Gasteiger partial charge in [-0.05, 0) is 58.3 Å². The molecule has 0 aromatic heterocycles. The molecule has 5 heterocycles. The molecule has 0 spiro atoms. The van der Waals surface area contributed by atoms with Crippen LogP contribution in [-0.2, 0) is 72.1 Å². The van der Waals surface area contributed by atoms with Gasteiger partial charge in [0.05, 0.1) is 71.8 Å². The van der Waals surface area contributed by atoms with Crippen LogP contribution in [0.2, 0.25) is 0 Å². The quantitative estimate of drug-likeness (QED) is 0.0574. The molecule has 0 bridgehead atoms. The molecule has 34 heteroatoms. The predicted molar refractivity (Wildman–Crippen MR) is 313 cm³/mol. The minimum atomic E-state index is -1.51. The van der Waals surface area contributed by atoms with Crippen molar-refractivity contribution in [3.8, 4) is 17.2 Å². The summed E-state index contributed by atoms with van der Waals surface area (Å²) in [6, 6.07) is 20.8. The number of para-hydroxylation sites is 2. The highest BCUT2D eigenvalue weighted by molar-refractivity contribution is 6.20. The molecule has 508 valence electrons. The summed E-state index contributed by atoms with van der Waals surface area (Å²) in [5, 5.41) is 18.8. The van der Waals surface area contributed by atoms with Crippen LogP contribution in [0.4, 0.5) is 23.2 Å². The number of halogens is 4. The standard InChI is InChI=1S/C9H7NO3.C8H6F4O.C8H12N2O4.C8H10O.C7H10N2O4.C7H7NO3.C6H9NO3.C5H7NO3.CH4/c1-13-10-8(11)6-4-2-3-5-7(6)9(10)12;1-3-4(9)6(11)8(13-2)7(12)5(3)10;1-5-3-6(11)10(8(5)13)14-7(12)4-9-2;1-7-3-5-8(9-2)6-4-7;1-8-4-7(12)13-9-5(10)2-3-6(9)11;1-11-7-5-3-2-4-6(7)8(9)10;1-4-3-5(8)7(10-2)6(4)9;1-9-6-4(7)2-3-5(6)8;/h2-5H,1H3;1-2H3;5,9H,3-4H2,1-2H3;3-6H,1-2H3;8H,2-4H2,1H3;2-5H,1H3;4H,3H2,1-2H3;2-3H2,1H3;1H4. The number of imide groups is 5. The molecule has 9 rings (SSSR count). The molecule has 4 aromatic carbocycles. The number of amides is 10. The average molecular weight is 1320 g/mol. The number of hydroxylamine groups is 10. The van der Waals surface area contributed by atoms with Gasteiger partial charge in [0, 0.05) is 62.0 Å². The summed E-state index contributed by atoms with van der Waals surface area (Å²) >= 11 is 0. The fourth-order valence-electron chi connectivity index (χ4n) is 7.46. The number of fused-ring (bicyclic) bond motifs is 1. The van der Waals surface area contributed by atoms with Crippen molar-refractivity contribution in [2.75, 3.05) is 69.8 Å². The van der Waals surface area contributed by atoms with Gasteiger partial charge in [-0.3, -0.25) is 72.6 Å². The predicted octanol–water partition coefficient (Wildman–Crippen LogP) is 5.16. The van der Waals surface area contributed by atoms with Crippen LogP contribution in [0.3, 0.4) is 0 Å². The molecule has 2 N–H and O–H groups in total. The largest absolute Gasteiger partial charge is 0.497 e. The first kappa shape index (κ1) is 80.9. The molecule has 10 amide bonds. The molecule has 4 aromatic rings. The van der Waals surface area contributed by atoms with Gasteiger partial charge in [-0.2, -0.15) is 18.9 Å². The first-order chi connectivity index (χ1) is 43.5. The number of methoxy groups -OCH3 is 3. The number of ether oxygens (including phenoxy) is 3. The van der Waals surface area contributed by atoms with Gasteiger partial charge in [0.15, 0.2) is 23.1 Å². The molecule has 93 heavy (non-hydrogen) atoms. The van der Waals surface area contributed by atoms with Gasteiger partial charge in [0.25, 0.3) is 59.1 Å². The molecular weight excluding hydrogens is 1250 g/mol. The van der Waals surface area contributed by atoms with Crippen molar-refractivity contribution in [3.63, 3.8) is 0 Å². The Morgan fingerprint density at radius 2 is 0.903 bits per heavy atom. The van der Waals surface area contributed by atoms with Crippen molar-refractivity contribution in [1.29, 1.82) is 0 Å². The molecule has 0 saturated carbocycles. The lowest BCUT2D eigenvalue weighted by molar-refractivity contribution is -0.385. The van der Waals surface area contributed by atoms with Gasteiger partial charge in [-0.1, -0.05) is 63.2 Å². The molecule has 2 unspecified atom stereocenters. The number of nitro groups is 1. The number of nitro benzene ring substituents is 1.